The van der Waals surface area contributed by atoms with E-state index in [9.17, 15) is 9.00 Å². The summed E-state index contributed by atoms with van der Waals surface area (Å²) in [5, 5.41) is 0.210. The molecule has 0 radical (unpaired) electrons. The maximum absolute atomic E-state index is 12.6. The van der Waals surface area contributed by atoms with Crippen LogP contribution in [0, 0.1) is 13.8 Å². The van der Waals surface area contributed by atoms with E-state index in [-0.39, 0.29) is 11.3 Å². The van der Waals surface area contributed by atoms with E-state index in [1.807, 2.05) is 40.7 Å². The van der Waals surface area contributed by atoms with Gasteiger partial charge in [-0.25, -0.2) is 14.8 Å². The van der Waals surface area contributed by atoms with Crippen LogP contribution in [0.25, 0.3) is 0 Å². The Morgan fingerprint density at radius 1 is 1.32 bits per heavy atom. The van der Waals surface area contributed by atoms with Crippen molar-refractivity contribution >= 4 is 16.9 Å². The van der Waals surface area contributed by atoms with Gasteiger partial charge in [0, 0.05) is 24.5 Å². The molecule has 0 aliphatic carbocycles. The average molecular weight is 325 g/mol. The van der Waals surface area contributed by atoms with Crippen LogP contribution >= 0.6 is 0 Å². The van der Waals surface area contributed by atoms with Crippen LogP contribution in [0.3, 0.4) is 0 Å². The summed E-state index contributed by atoms with van der Waals surface area (Å²) in [5.41, 5.74) is 1.08. The lowest BCUT2D eigenvalue weighted by Gasteiger charge is -2.24. The third kappa shape index (κ3) is 4.25. The third-order valence-corrected chi connectivity index (χ3v) is 4.77. The summed E-state index contributed by atoms with van der Waals surface area (Å²) < 4.78 is 18.0. The first-order chi connectivity index (χ1) is 10.2. The summed E-state index contributed by atoms with van der Waals surface area (Å²) in [4.78, 5) is 22.2. The van der Waals surface area contributed by atoms with Crippen LogP contribution in [0.1, 0.15) is 38.6 Å². The monoisotopic (exact) mass is 325 g/mol. The van der Waals surface area contributed by atoms with Crippen molar-refractivity contribution in [3.8, 4) is 0 Å². The van der Waals surface area contributed by atoms with Gasteiger partial charge in [0.05, 0.1) is 16.0 Å². The first-order valence-electron chi connectivity index (χ1n) is 7.36. The van der Waals surface area contributed by atoms with E-state index in [1.54, 1.807) is 4.90 Å². The fraction of sp³-hybridized carbons (Fsp3) is 0.667. The van der Waals surface area contributed by atoms with Crippen molar-refractivity contribution in [1.82, 2.24) is 14.9 Å². The molecule has 2 rings (SSSR count). The number of nitrogens with zero attached hydrogens (tertiary/aromatic N) is 3. The van der Waals surface area contributed by atoms with Crippen molar-refractivity contribution in [2.45, 2.75) is 57.0 Å². The van der Waals surface area contributed by atoms with Crippen LogP contribution in [0.4, 0.5) is 4.79 Å². The Kier molecular flexibility index (Phi) is 4.84. The normalized spacial score (nSPS) is 20.0. The number of rotatable bonds is 2. The second kappa shape index (κ2) is 6.32. The van der Waals surface area contributed by atoms with Gasteiger partial charge < -0.3 is 9.64 Å². The van der Waals surface area contributed by atoms with Gasteiger partial charge in [0.25, 0.3) is 0 Å². The molecule has 0 aromatic carbocycles. The molecule has 0 spiro atoms. The van der Waals surface area contributed by atoms with Gasteiger partial charge in [0.15, 0.2) is 0 Å². The Morgan fingerprint density at radius 2 is 1.91 bits per heavy atom. The van der Waals surface area contributed by atoms with Crippen LogP contribution in [-0.2, 0) is 15.5 Å². The lowest BCUT2D eigenvalue weighted by molar-refractivity contribution is 0.0295. The fourth-order valence-electron chi connectivity index (χ4n) is 2.33. The van der Waals surface area contributed by atoms with Gasteiger partial charge in [0.1, 0.15) is 5.60 Å². The maximum Gasteiger partial charge on any atom is 0.410 e. The molecule has 2 atom stereocenters. The summed E-state index contributed by atoms with van der Waals surface area (Å²) in [6.07, 6.45) is 0.315. The largest absolute Gasteiger partial charge is 0.444 e. The van der Waals surface area contributed by atoms with Crippen molar-refractivity contribution < 1.29 is 13.7 Å². The number of hydrogen-bond donors (Lipinski definition) is 0. The van der Waals surface area contributed by atoms with E-state index in [0.717, 1.165) is 11.4 Å². The number of ether oxygens (including phenoxy) is 1. The second-order valence-corrected chi connectivity index (χ2v) is 8.19. The first kappa shape index (κ1) is 16.9. The zero-order valence-corrected chi connectivity index (χ0v) is 14.6. The predicted molar refractivity (Wildman–Crippen MR) is 84.1 cm³/mol. The van der Waals surface area contributed by atoms with E-state index >= 15 is 0 Å². The van der Waals surface area contributed by atoms with Crippen molar-refractivity contribution in [3.63, 3.8) is 0 Å². The number of aromatic nitrogens is 2. The molecule has 1 aromatic heterocycles. The van der Waals surface area contributed by atoms with Gasteiger partial charge in [0.2, 0.25) is 5.16 Å². The Labute approximate surface area is 133 Å². The molecule has 1 saturated heterocycles. The highest BCUT2D eigenvalue weighted by Gasteiger charge is 2.34. The highest BCUT2D eigenvalue weighted by Crippen LogP contribution is 2.21. The molecule has 7 heteroatoms. The first-order valence-corrected chi connectivity index (χ1v) is 8.58. The van der Waals surface area contributed by atoms with Crippen molar-refractivity contribution in [1.29, 1.82) is 0 Å². The van der Waals surface area contributed by atoms with Gasteiger partial charge in [-0.3, -0.25) is 4.21 Å². The molecule has 1 aromatic rings. The molecule has 1 amide bonds. The number of hydrogen-bond acceptors (Lipinski definition) is 5. The van der Waals surface area contributed by atoms with Crippen LogP contribution < -0.4 is 0 Å². The Balaban J connectivity index is 2.03. The third-order valence-electron chi connectivity index (χ3n) is 3.24. The highest BCUT2D eigenvalue weighted by atomic mass is 32.2. The summed E-state index contributed by atoms with van der Waals surface area (Å²) >= 11 is 0. The fourth-order valence-corrected chi connectivity index (χ4v) is 3.73. The number of carbonyl (C=O) groups is 1. The Bertz CT molecular complexity index is 578. The molecule has 1 fully saturated rings. The van der Waals surface area contributed by atoms with Gasteiger partial charge in [-0.05, 0) is 47.1 Å². The standard InChI is InChI=1S/C15H23N3O3S/c1-10-8-11(2)17-13(16-10)22(20)12-6-7-18(9-12)14(19)21-15(3,4)5/h8,12H,6-7,9H2,1-5H3/t12-,22?/m1/s1. The molecule has 2 heterocycles. The minimum Gasteiger partial charge on any atom is -0.444 e. The van der Waals surface area contributed by atoms with E-state index in [4.69, 9.17) is 4.74 Å². The van der Waals surface area contributed by atoms with Crippen LogP contribution in [-0.4, -0.2) is 49.1 Å². The van der Waals surface area contributed by atoms with E-state index in [1.165, 1.54) is 0 Å². The molecule has 1 aliphatic heterocycles. The van der Waals surface area contributed by atoms with E-state index in [2.05, 4.69) is 9.97 Å². The molecule has 1 unspecified atom stereocenters. The minimum absolute atomic E-state index is 0.145. The Hall–Kier alpha value is -1.50. The SMILES string of the molecule is Cc1cc(C)nc(S(=O)[C@@H]2CCN(C(=O)OC(C)(C)C)C2)n1. The second-order valence-electron chi connectivity index (χ2n) is 6.57. The quantitative estimate of drug-likeness (QED) is 0.780. The lowest BCUT2D eigenvalue weighted by Crippen LogP contribution is -2.36. The number of likely N-dealkylation sites (tertiary alicyclic amines) is 1. The van der Waals surface area contributed by atoms with Crippen molar-refractivity contribution in [2.75, 3.05) is 13.1 Å². The predicted octanol–water partition coefficient (Wildman–Crippen LogP) is 2.21. The smallest absolute Gasteiger partial charge is 0.410 e. The summed E-state index contributed by atoms with van der Waals surface area (Å²) in [7, 11) is -1.31. The van der Waals surface area contributed by atoms with Crippen LogP contribution in [0.15, 0.2) is 11.2 Å². The van der Waals surface area contributed by atoms with Gasteiger partial charge in [-0.15, -0.1) is 0 Å². The molecule has 0 bridgehead atoms. The van der Waals surface area contributed by atoms with Crippen LogP contribution in [0.2, 0.25) is 0 Å². The van der Waals surface area contributed by atoms with Crippen molar-refractivity contribution in [2.24, 2.45) is 0 Å². The molecule has 122 valence electrons. The molecular weight excluding hydrogens is 302 g/mol. The molecule has 1 aliphatic rings. The van der Waals surface area contributed by atoms with Gasteiger partial charge in [-0.2, -0.15) is 0 Å². The maximum atomic E-state index is 12.6. The molecular formula is C15H23N3O3S. The molecule has 22 heavy (non-hydrogen) atoms. The summed E-state index contributed by atoms with van der Waals surface area (Å²) in [6.45, 7) is 10.2. The number of aryl methyl sites for hydroxylation is 2. The molecule has 0 saturated carbocycles. The molecule has 6 nitrogen and oxygen atoms in total. The number of carbonyl (C=O) groups excluding carboxylic acids is 1. The summed E-state index contributed by atoms with van der Waals surface area (Å²) in [5.74, 6) is 0. The van der Waals surface area contributed by atoms with E-state index in [0.29, 0.717) is 24.7 Å². The van der Waals surface area contributed by atoms with Crippen LogP contribution in [0.5, 0.6) is 0 Å². The zero-order valence-electron chi connectivity index (χ0n) is 13.8. The van der Waals surface area contributed by atoms with Gasteiger partial charge in [-0.1, -0.05) is 0 Å². The topological polar surface area (TPSA) is 72.4 Å². The summed E-state index contributed by atoms with van der Waals surface area (Å²) in [6, 6.07) is 1.85. The molecule has 0 N–H and O–H groups in total. The van der Waals surface area contributed by atoms with Crippen molar-refractivity contribution in [3.05, 3.63) is 17.5 Å². The number of amides is 1. The average Bonchev–Trinajstić information content (AvgIpc) is 2.84. The Morgan fingerprint density at radius 3 is 2.45 bits per heavy atom. The lowest BCUT2D eigenvalue weighted by atomic mass is 10.2. The minimum atomic E-state index is -1.31. The zero-order chi connectivity index (χ0) is 16.5. The highest BCUT2D eigenvalue weighted by molar-refractivity contribution is 7.85. The van der Waals surface area contributed by atoms with Gasteiger partial charge >= 0.3 is 6.09 Å². The van der Waals surface area contributed by atoms with E-state index < -0.39 is 16.4 Å².